The van der Waals surface area contributed by atoms with Gasteiger partial charge in [-0.05, 0) is 49.1 Å². The number of aryl methyl sites for hydroxylation is 1. The molecule has 8 heteroatoms. The molecular formula is C22H19ClN2O3S2. The predicted octanol–water partition coefficient (Wildman–Crippen LogP) is 6.53. The summed E-state index contributed by atoms with van der Waals surface area (Å²) in [5.41, 5.74) is 3.49. The summed E-state index contributed by atoms with van der Waals surface area (Å²) in [6, 6.07) is 11.1. The third-order valence-electron chi connectivity index (χ3n) is 4.72. The van der Waals surface area contributed by atoms with Crippen molar-refractivity contribution in [2.24, 2.45) is 0 Å². The lowest BCUT2D eigenvalue weighted by molar-refractivity contribution is 0.0529. The fraction of sp³-hybridized carbons (Fsp3) is 0.182. The lowest BCUT2D eigenvalue weighted by Crippen LogP contribution is -2.18. The average molecular weight is 459 g/mol. The molecule has 4 aromatic rings. The van der Waals surface area contributed by atoms with Crippen LogP contribution < -0.4 is 5.32 Å². The van der Waals surface area contributed by atoms with Crippen molar-refractivity contribution < 1.29 is 14.3 Å². The van der Waals surface area contributed by atoms with E-state index < -0.39 is 5.97 Å². The van der Waals surface area contributed by atoms with Gasteiger partial charge in [-0.1, -0.05) is 23.7 Å². The van der Waals surface area contributed by atoms with Gasteiger partial charge in [-0.15, -0.1) is 22.7 Å². The number of nitrogens with zero attached hydrogens (tertiary/aromatic N) is 1. The molecule has 1 amide bonds. The van der Waals surface area contributed by atoms with E-state index in [1.165, 1.54) is 11.3 Å². The van der Waals surface area contributed by atoms with Gasteiger partial charge in [-0.3, -0.25) is 4.79 Å². The van der Waals surface area contributed by atoms with Crippen molar-refractivity contribution in [3.05, 3.63) is 63.4 Å². The molecule has 3 aromatic heterocycles. The van der Waals surface area contributed by atoms with Gasteiger partial charge in [0.25, 0.3) is 5.91 Å². The van der Waals surface area contributed by atoms with Crippen molar-refractivity contribution in [3.8, 4) is 11.1 Å². The summed E-state index contributed by atoms with van der Waals surface area (Å²) in [4.78, 5) is 25.8. The number of thiophene rings is 2. The van der Waals surface area contributed by atoms with E-state index in [9.17, 15) is 9.59 Å². The monoisotopic (exact) mass is 458 g/mol. The number of carbonyl (C=O) groups is 2. The summed E-state index contributed by atoms with van der Waals surface area (Å²) >= 11 is 8.90. The minimum absolute atomic E-state index is 0.247. The largest absolute Gasteiger partial charge is 0.462 e. The number of esters is 1. The molecule has 0 aliphatic carbocycles. The number of nitrogens with one attached hydrogen (secondary N) is 1. The molecule has 0 fully saturated rings. The summed E-state index contributed by atoms with van der Waals surface area (Å²) in [5.74, 6) is -0.721. The van der Waals surface area contributed by atoms with E-state index in [0.717, 1.165) is 15.8 Å². The topological polar surface area (TPSA) is 60.3 Å². The third kappa shape index (κ3) is 3.76. The molecule has 1 aromatic carbocycles. The lowest BCUT2D eigenvalue weighted by atomic mass is 10.0. The number of anilines is 1. The van der Waals surface area contributed by atoms with Crippen molar-refractivity contribution in [3.63, 3.8) is 0 Å². The fourth-order valence-electron chi connectivity index (χ4n) is 3.37. The van der Waals surface area contributed by atoms with Crippen LogP contribution in [-0.4, -0.2) is 23.1 Å². The Labute approximate surface area is 186 Å². The molecule has 154 valence electrons. The summed E-state index contributed by atoms with van der Waals surface area (Å²) in [6.45, 7) is 4.68. The van der Waals surface area contributed by atoms with Crippen molar-refractivity contribution in [2.45, 2.75) is 20.4 Å². The number of amides is 1. The molecule has 0 saturated heterocycles. The highest BCUT2D eigenvalue weighted by Crippen LogP contribution is 2.37. The van der Waals surface area contributed by atoms with Gasteiger partial charge >= 0.3 is 5.97 Å². The number of carbonyl (C=O) groups excluding carboxylic acids is 2. The van der Waals surface area contributed by atoms with Crippen molar-refractivity contribution in [2.75, 3.05) is 11.9 Å². The number of hydrogen-bond donors (Lipinski definition) is 1. The van der Waals surface area contributed by atoms with Gasteiger partial charge in [0.05, 0.1) is 16.8 Å². The van der Waals surface area contributed by atoms with Gasteiger partial charge in [-0.2, -0.15) is 0 Å². The maximum atomic E-state index is 13.1. The Morgan fingerprint density at radius 1 is 1.13 bits per heavy atom. The molecule has 0 aliphatic heterocycles. The minimum atomic E-state index is -0.467. The minimum Gasteiger partial charge on any atom is -0.462 e. The molecule has 30 heavy (non-hydrogen) atoms. The molecule has 0 saturated carbocycles. The van der Waals surface area contributed by atoms with Crippen LogP contribution in [-0.2, 0) is 11.3 Å². The van der Waals surface area contributed by atoms with Crippen LogP contribution in [0.2, 0.25) is 5.02 Å². The summed E-state index contributed by atoms with van der Waals surface area (Å²) < 4.78 is 8.29. The van der Waals surface area contributed by atoms with Crippen molar-refractivity contribution in [1.82, 2.24) is 4.57 Å². The van der Waals surface area contributed by atoms with Gasteiger partial charge in [0.1, 0.15) is 16.3 Å². The van der Waals surface area contributed by atoms with Crippen LogP contribution in [0.1, 0.15) is 34.7 Å². The van der Waals surface area contributed by atoms with Gasteiger partial charge in [0, 0.05) is 22.5 Å². The SMILES string of the molecule is CCOC(=O)c1c(-c2ccc(Cl)cc2)csc1NC(=O)c1cc2sccc2n1CC. The summed E-state index contributed by atoms with van der Waals surface area (Å²) in [5, 5.41) is 7.87. The second-order valence-corrected chi connectivity index (χ2v) is 8.74. The second-order valence-electron chi connectivity index (χ2n) is 6.48. The van der Waals surface area contributed by atoms with E-state index in [2.05, 4.69) is 5.32 Å². The maximum Gasteiger partial charge on any atom is 0.341 e. The van der Waals surface area contributed by atoms with Crippen LogP contribution in [0.25, 0.3) is 21.3 Å². The molecular weight excluding hydrogens is 440 g/mol. The molecule has 1 N–H and O–H groups in total. The first kappa shape index (κ1) is 20.7. The van der Waals surface area contributed by atoms with E-state index in [0.29, 0.717) is 33.4 Å². The molecule has 5 nitrogen and oxygen atoms in total. The van der Waals surface area contributed by atoms with Crippen LogP contribution in [0.4, 0.5) is 5.00 Å². The zero-order valence-corrected chi connectivity index (χ0v) is 18.8. The highest BCUT2D eigenvalue weighted by molar-refractivity contribution is 7.17. The van der Waals surface area contributed by atoms with Crippen LogP contribution in [0, 0.1) is 0 Å². The molecule has 0 aliphatic rings. The Morgan fingerprint density at radius 3 is 2.60 bits per heavy atom. The van der Waals surface area contributed by atoms with E-state index in [4.69, 9.17) is 16.3 Å². The maximum absolute atomic E-state index is 13.1. The van der Waals surface area contributed by atoms with Gasteiger partial charge < -0.3 is 14.6 Å². The van der Waals surface area contributed by atoms with Crippen LogP contribution in [0.15, 0.2) is 47.2 Å². The summed E-state index contributed by atoms with van der Waals surface area (Å²) in [7, 11) is 0. The Balaban J connectivity index is 1.72. The quantitative estimate of drug-likeness (QED) is 0.334. The Hall–Kier alpha value is -2.61. The van der Waals surface area contributed by atoms with Gasteiger partial charge in [-0.25, -0.2) is 4.79 Å². The van der Waals surface area contributed by atoms with Crippen LogP contribution in [0.3, 0.4) is 0 Å². The Kier molecular flexibility index (Phi) is 5.94. The predicted molar refractivity (Wildman–Crippen MR) is 124 cm³/mol. The highest BCUT2D eigenvalue weighted by atomic mass is 35.5. The normalized spacial score (nSPS) is 11.0. The number of hydrogen-bond acceptors (Lipinski definition) is 5. The Bertz CT molecular complexity index is 1220. The number of benzene rings is 1. The standard InChI is InChI=1S/C22H19ClN2O3S2/c1-3-25-16-9-10-29-18(16)11-17(25)20(26)24-21-19(22(27)28-4-2)15(12-30-21)13-5-7-14(23)8-6-13/h5-12H,3-4H2,1-2H3,(H,24,26). The first-order valence-electron chi connectivity index (χ1n) is 9.46. The molecule has 0 radical (unpaired) electrons. The van der Waals surface area contributed by atoms with E-state index >= 15 is 0 Å². The number of aromatic nitrogens is 1. The van der Waals surface area contributed by atoms with E-state index in [-0.39, 0.29) is 12.5 Å². The fourth-order valence-corrected chi connectivity index (χ4v) is 5.27. The number of fused-ring (bicyclic) bond motifs is 1. The highest BCUT2D eigenvalue weighted by Gasteiger charge is 2.24. The van der Waals surface area contributed by atoms with E-state index in [1.807, 2.05) is 46.5 Å². The van der Waals surface area contributed by atoms with Crippen LogP contribution in [0.5, 0.6) is 0 Å². The molecule has 0 atom stereocenters. The molecule has 0 spiro atoms. The number of ether oxygens (including phenoxy) is 1. The lowest BCUT2D eigenvalue weighted by Gasteiger charge is -2.10. The zero-order chi connectivity index (χ0) is 21.3. The van der Waals surface area contributed by atoms with Gasteiger partial charge in [0.2, 0.25) is 0 Å². The van der Waals surface area contributed by atoms with Gasteiger partial charge in [0.15, 0.2) is 0 Å². The van der Waals surface area contributed by atoms with Crippen LogP contribution >= 0.6 is 34.3 Å². The smallest absolute Gasteiger partial charge is 0.341 e. The molecule has 0 bridgehead atoms. The number of rotatable bonds is 6. The average Bonchev–Trinajstić information content (AvgIpc) is 3.42. The molecule has 0 unspecified atom stereocenters. The van der Waals surface area contributed by atoms with Crippen molar-refractivity contribution >= 4 is 61.4 Å². The van der Waals surface area contributed by atoms with E-state index in [1.54, 1.807) is 30.4 Å². The molecule has 3 heterocycles. The van der Waals surface area contributed by atoms with Crippen molar-refractivity contribution in [1.29, 1.82) is 0 Å². The summed E-state index contributed by atoms with van der Waals surface area (Å²) in [6.07, 6.45) is 0. The zero-order valence-electron chi connectivity index (χ0n) is 16.4. The number of halogens is 1. The molecule has 4 rings (SSSR count). The second kappa shape index (κ2) is 8.63. The first-order chi connectivity index (χ1) is 14.5. The first-order valence-corrected chi connectivity index (χ1v) is 11.6. The Morgan fingerprint density at radius 2 is 1.90 bits per heavy atom. The third-order valence-corrected chi connectivity index (χ3v) is 6.73.